The van der Waals surface area contributed by atoms with Gasteiger partial charge in [-0.2, -0.15) is 0 Å². The fourth-order valence-corrected chi connectivity index (χ4v) is 1.85. The van der Waals surface area contributed by atoms with E-state index in [0.29, 0.717) is 66.1 Å². The summed E-state index contributed by atoms with van der Waals surface area (Å²) in [6, 6.07) is 0. The van der Waals surface area contributed by atoms with E-state index in [1.54, 1.807) is 0 Å². The van der Waals surface area contributed by atoms with Gasteiger partial charge in [0.2, 0.25) is 0 Å². The maximum atomic E-state index is 8.25. The summed E-state index contributed by atoms with van der Waals surface area (Å²) in [4.78, 5) is 18.8. The molecular formula is C15H31N3O12Pb. The van der Waals surface area contributed by atoms with Gasteiger partial charge in [-0.05, 0) is 0 Å². The SMILES string of the molecule is C=CCN1CCOCCOCCOCCOCCOCC1.O.O=[N+]([O-])[O-].O=[N+]([O-])[O-].[Pb+2]. The van der Waals surface area contributed by atoms with Gasteiger partial charge in [0.25, 0.3) is 0 Å². The van der Waals surface area contributed by atoms with E-state index in [4.69, 9.17) is 54.3 Å². The van der Waals surface area contributed by atoms with Crippen LogP contribution in [0, 0.1) is 30.6 Å². The molecule has 1 aliphatic heterocycles. The predicted octanol–water partition coefficient (Wildman–Crippen LogP) is -1.11. The molecule has 0 atom stereocenters. The summed E-state index contributed by atoms with van der Waals surface area (Å²) in [5, 5.41) is 29.5. The molecule has 2 N–H and O–H groups in total. The Hall–Kier alpha value is -1.22. The first kappa shape index (κ1) is 37.1. The van der Waals surface area contributed by atoms with E-state index < -0.39 is 10.2 Å². The van der Waals surface area contributed by atoms with Crippen LogP contribution in [0.3, 0.4) is 0 Å². The second kappa shape index (κ2) is 31.0. The van der Waals surface area contributed by atoms with Crippen molar-refractivity contribution in [2.75, 3.05) is 85.7 Å². The zero-order valence-electron chi connectivity index (χ0n) is 17.3. The summed E-state index contributed by atoms with van der Waals surface area (Å²) in [5.41, 5.74) is 0. The van der Waals surface area contributed by atoms with Gasteiger partial charge in [0.15, 0.2) is 0 Å². The Morgan fingerprint density at radius 2 is 0.903 bits per heavy atom. The van der Waals surface area contributed by atoms with Gasteiger partial charge in [-0.15, -0.1) is 6.58 Å². The summed E-state index contributed by atoms with van der Waals surface area (Å²) in [5.74, 6) is 0. The van der Waals surface area contributed by atoms with Crippen LogP contribution < -0.4 is 0 Å². The molecular weight excluding hydrogens is 621 g/mol. The van der Waals surface area contributed by atoms with Crippen molar-refractivity contribution in [1.82, 2.24) is 4.90 Å². The third kappa shape index (κ3) is 43.5. The van der Waals surface area contributed by atoms with Gasteiger partial charge in [-0.3, -0.25) is 4.90 Å². The molecule has 0 aliphatic carbocycles. The largest absolute Gasteiger partial charge is 2.00 e. The molecule has 0 amide bonds. The van der Waals surface area contributed by atoms with Crippen molar-refractivity contribution in [2.24, 2.45) is 0 Å². The number of hydrogen-bond acceptors (Lipinski definition) is 12. The molecule has 31 heavy (non-hydrogen) atoms. The predicted molar refractivity (Wildman–Crippen MR) is 111 cm³/mol. The molecule has 0 aromatic carbocycles. The Morgan fingerprint density at radius 3 is 1.13 bits per heavy atom. The Labute approximate surface area is 200 Å². The van der Waals surface area contributed by atoms with E-state index >= 15 is 0 Å². The minimum absolute atomic E-state index is 0. The van der Waals surface area contributed by atoms with Gasteiger partial charge in [-0.1, -0.05) is 6.08 Å². The van der Waals surface area contributed by atoms with Crippen molar-refractivity contribution in [2.45, 2.75) is 0 Å². The van der Waals surface area contributed by atoms with Crippen LogP contribution in [0.15, 0.2) is 12.7 Å². The van der Waals surface area contributed by atoms with Crippen LogP contribution in [-0.4, -0.2) is 134 Å². The fraction of sp³-hybridized carbons (Fsp3) is 0.867. The molecule has 0 saturated carbocycles. The standard InChI is InChI=1S/C15H29NO5.2NO3.H2O.Pb/c1-2-3-16-4-6-17-8-10-19-12-14-21-15-13-20-11-9-18-7-5-16;2*2-1(3)4;;/h2H,1,3-15H2;;;1H2;/q;2*-1;;+2. The maximum Gasteiger partial charge on any atom is 2.00 e. The van der Waals surface area contributed by atoms with Crippen LogP contribution in [0.25, 0.3) is 0 Å². The number of nitrogens with zero attached hydrogens (tertiary/aromatic N) is 3. The Morgan fingerprint density at radius 1 is 0.677 bits per heavy atom. The van der Waals surface area contributed by atoms with E-state index in [1.165, 1.54) is 0 Å². The molecule has 2 radical (unpaired) electrons. The number of ether oxygens (including phenoxy) is 5. The summed E-state index contributed by atoms with van der Waals surface area (Å²) in [6.07, 6.45) is 1.90. The van der Waals surface area contributed by atoms with Gasteiger partial charge >= 0.3 is 27.3 Å². The molecule has 0 aromatic heterocycles. The topological polar surface area (TPSA) is 213 Å². The molecule has 0 aromatic rings. The van der Waals surface area contributed by atoms with Crippen LogP contribution in [0.1, 0.15) is 0 Å². The van der Waals surface area contributed by atoms with Crippen LogP contribution in [-0.2, 0) is 23.7 Å². The van der Waals surface area contributed by atoms with Crippen molar-refractivity contribution >= 4 is 27.3 Å². The van der Waals surface area contributed by atoms with E-state index in [2.05, 4.69) is 11.5 Å². The van der Waals surface area contributed by atoms with Crippen molar-refractivity contribution in [3.8, 4) is 0 Å². The first-order chi connectivity index (χ1) is 13.9. The first-order valence-corrected chi connectivity index (χ1v) is 8.75. The number of hydrogen-bond donors (Lipinski definition) is 0. The minimum atomic E-state index is -1.75. The van der Waals surface area contributed by atoms with Crippen molar-refractivity contribution in [3.63, 3.8) is 0 Å². The second-order valence-electron chi connectivity index (χ2n) is 5.10. The molecule has 15 nitrogen and oxygen atoms in total. The van der Waals surface area contributed by atoms with Crippen molar-refractivity contribution < 1.29 is 39.3 Å². The smallest absolute Gasteiger partial charge is 0.412 e. The van der Waals surface area contributed by atoms with E-state index in [-0.39, 0.29) is 32.8 Å². The van der Waals surface area contributed by atoms with Gasteiger partial charge in [-0.25, -0.2) is 0 Å². The summed E-state index contributed by atoms with van der Waals surface area (Å²) in [7, 11) is 0. The molecule has 16 heteroatoms. The van der Waals surface area contributed by atoms with E-state index in [1.807, 2.05) is 6.08 Å². The molecule has 1 fully saturated rings. The minimum Gasteiger partial charge on any atom is -0.412 e. The summed E-state index contributed by atoms with van der Waals surface area (Å²) < 4.78 is 27.3. The van der Waals surface area contributed by atoms with Crippen LogP contribution in [0.2, 0.25) is 0 Å². The van der Waals surface area contributed by atoms with Crippen molar-refractivity contribution in [3.05, 3.63) is 43.3 Å². The van der Waals surface area contributed by atoms with E-state index in [9.17, 15) is 0 Å². The van der Waals surface area contributed by atoms with E-state index in [0.717, 1.165) is 19.6 Å². The Kier molecular flexibility index (Phi) is 37.1. The Balaban J connectivity index is -0.000000313. The maximum absolute atomic E-state index is 8.25. The fourth-order valence-electron chi connectivity index (χ4n) is 1.85. The molecule has 1 aliphatic rings. The van der Waals surface area contributed by atoms with Crippen molar-refractivity contribution in [1.29, 1.82) is 0 Å². The molecule has 1 heterocycles. The Bertz CT molecular complexity index is 371. The molecule has 0 bridgehead atoms. The number of rotatable bonds is 2. The average Bonchev–Trinajstić information content (AvgIpc) is 2.62. The average molecular weight is 653 g/mol. The van der Waals surface area contributed by atoms with Gasteiger partial charge in [0.1, 0.15) is 0 Å². The van der Waals surface area contributed by atoms with Crippen LogP contribution in [0.4, 0.5) is 0 Å². The zero-order valence-corrected chi connectivity index (χ0v) is 21.2. The van der Waals surface area contributed by atoms with Crippen LogP contribution in [0.5, 0.6) is 0 Å². The van der Waals surface area contributed by atoms with Gasteiger partial charge in [0.05, 0.1) is 76.2 Å². The monoisotopic (exact) mass is 653 g/mol. The molecule has 0 spiro atoms. The summed E-state index contributed by atoms with van der Waals surface area (Å²) in [6.45, 7) is 12.5. The van der Waals surface area contributed by atoms with Gasteiger partial charge < -0.3 is 59.8 Å². The molecule has 0 unspecified atom stereocenters. The van der Waals surface area contributed by atoms with Crippen LogP contribution >= 0.6 is 0 Å². The third-order valence-corrected chi connectivity index (χ3v) is 2.98. The second-order valence-corrected chi connectivity index (χ2v) is 5.10. The third-order valence-electron chi connectivity index (χ3n) is 2.98. The molecule has 1 rings (SSSR count). The van der Waals surface area contributed by atoms with Gasteiger partial charge in [0, 0.05) is 19.6 Å². The first-order valence-electron chi connectivity index (χ1n) is 8.75. The quantitative estimate of drug-likeness (QED) is 0.150. The zero-order chi connectivity index (χ0) is 22.2. The normalized spacial score (nSPS) is 17.2. The summed E-state index contributed by atoms with van der Waals surface area (Å²) >= 11 is 0. The molecule has 1 saturated heterocycles. The molecule has 182 valence electrons.